The Labute approximate surface area is 103 Å². The summed E-state index contributed by atoms with van der Waals surface area (Å²) in [6.45, 7) is 0. The lowest BCUT2D eigenvalue weighted by Gasteiger charge is -2.05. The molecule has 0 spiro atoms. The minimum absolute atomic E-state index is 0.161. The lowest BCUT2D eigenvalue weighted by molar-refractivity contribution is -0.127. The molecule has 0 bridgehead atoms. The van der Waals surface area contributed by atoms with E-state index in [0.717, 1.165) is 5.56 Å². The summed E-state index contributed by atoms with van der Waals surface area (Å²) in [6, 6.07) is 8.75. The minimum atomic E-state index is -0.285. The monoisotopic (exact) mass is 251 g/mol. The topological polar surface area (TPSA) is 67.0 Å². The van der Waals surface area contributed by atoms with E-state index in [1.165, 1.54) is 6.20 Å². The van der Waals surface area contributed by atoms with Crippen LogP contribution in [-0.4, -0.2) is 16.1 Å². The molecule has 2 aromatic rings. The van der Waals surface area contributed by atoms with Crippen LogP contribution in [0.25, 0.3) is 0 Å². The van der Waals surface area contributed by atoms with Crippen LogP contribution in [0.5, 0.6) is 5.88 Å². The SMILES string of the molecule is O=C(Cc1ccccc1Cl)NOc1ccn[nH]1. The highest BCUT2D eigenvalue weighted by Gasteiger charge is 2.07. The third-order valence-corrected chi connectivity index (χ3v) is 2.43. The molecule has 0 saturated carbocycles. The van der Waals surface area contributed by atoms with E-state index in [2.05, 4.69) is 15.7 Å². The molecule has 1 aromatic carbocycles. The van der Waals surface area contributed by atoms with Crippen molar-refractivity contribution in [3.63, 3.8) is 0 Å². The van der Waals surface area contributed by atoms with Gasteiger partial charge in [-0.25, -0.2) is 5.10 Å². The number of aromatic amines is 1. The second-order valence-electron chi connectivity index (χ2n) is 3.32. The summed E-state index contributed by atoms with van der Waals surface area (Å²) in [5, 5.41) is 6.79. The number of aromatic nitrogens is 2. The Kier molecular flexibility index (Phi) is 3.62. The van der Waals surface area contributed by atoms with Gasteiger partial charge in [-0.15, -0.1) is 0 Å². The quantitative estimate of drug-likeness (QED) is 0.813. The first kappa shape index (κ1) is 11.5. The number of carbonyl (C=O) groups excluding carboxylic acids is 1. The number of carbonyl (C=O) groups is 1. The number of hydroxylamine groups is 1. The standard InChI is InChI=1S/C11H10ClN3O2/c12-9-4-2-1-3-8(9)7-10(16)15-17-11-5-6-13-14-11/h1-6H,7H2,(H,13,14)(H,15,16). The molecule has 0 atom stereocenters. The summed E-state index contributed by atoms with van der Waals surface area (Å²) < 4.78 is 0. The molecule has 0 aliphatic rings. The van der Waals surface area contributed by atoms with Crippen molar-refractivity contribution in [1.29, 1.82) is 0 Å². The first-order chi connectivity index (χ1) is 8.25. The van der Waals surface area contributed by atoms with Gasteiger partial charge in [0.2, 0.25) is 5.88 Å². The van der Waals surface area contributed by atoms with E-state index >= 15 is 0 Å². The number of rotatable bonds is 4. The molecule has 2 rings (SSSR count). The molecule has 0 aliphatic carbocycles. The van der Waals surface area contributed by atoms with Crippen molar-refractivity contribution < 1.29 is 9.63 Å². The van der Waals surface area contributed by atoms with Crippen molar-refractivity contribution in [2.24, 2.45) is 0 Å². The van der Waals surface area contributed by atoms with Crippen LogP contribution in [-0.2, 0) is 11.2 Å². The molecule has 0 saturated heterocycles. The highest BCUT2D eigenvalue weighted by molar-refractivity contribution is 6.31. The molecule has 0 radical (unpaired) electrons. The van der Waals surface area contributed by atoms with Gasteiger partial charge in [0.05, 0.1) is 12.6 Å². The molecule has 2 N–H and O–H groups in total. The normalized spacial score (nSPS) is 9.94. The molecule has 5 nitrogen and oxygen atoms in total. The molecule has 0 fully saturated rings. The van der Waals surface area contributed by atoms with Gasteiger partial charge in [-0.3, -0.25) is 4.79 Å². The molecule has 0 unspecified atom stereocenters. The number of nitrogens with one attached hydrogen (secondary N) is 2. The summed E-state index contributed by atoms with van der Waals surface area (Å²) >= 11 is 5.93. The largest absolute Gasteiger partial charge is 0.360 e. The lowest BCUT2D eigenvalue weighted by atomic mass is 10.1. The van der Waals surface area contributed by atoms with Crippen LogP contribution < -0.4 is 10.3 Å². The Morgan fingerprint density at radius 3 is 2.94 bits per heavy atom. The fourth-order valence-electron chi connectivity index (χ4n) is 1.26. The predicted molar refractivity (Wildman–Crippen MR) is 62.5 cm³/mol. The summed E-state index contributed by atoms with van der Waals surface area (Å²) in [4.78, 5) is 16.5. The van der Waals surface area contributed by atoms with Crippen LogP contribution in [0.1, 0.15) is 5.56 Å². The first-order valence-electron chi connectivity index (χ1n) is 4.94. The fraction of sp³-hybridized carbons (Fsp3) is 0.0909. The van der Waals surface area contributed by atoms with Gasteiger partial charge < -0.3 is 4.84 Å². The average Bonchev–Trinajstić information content (AvgIpc) is 2.82. The van der Waals surface area contributed by atoms with Crippen LogP contribution in [0.15, 0.2) is 36.5 Å². The van der Waals surface area contributed by atoms with E-state index < -0.39 is 0 Å². The van der Waals surface area contributed by atoms with E-state index in [9.17, 15) is 4.79 Å². The molecule has 1 amide bonds. The van der Waals surface area contributed by atoms with Crippen LogP contribution >= 0.6 is 11.6 Å². The Morgan fingerprint density at radius 2 is 2.24 bits per heavy atom. The number of halogens is 1. The first-order valence-corrected chi connectivity index (χ1v) is 5.32. The summed E-state index contributed by atoms with van der Waals surface area (Å²) in [5.74, 6) is 0.0882. The number of hydrogen-bond acceptors (Lipinski definition) is 3. The summed E-state index contributed by atoms with van der Waals surface area (Å²) in [6.07, 6.45) is 1.68. The van der Waals surface area contributed by atoms with Crippen molar-refractivity contribution in [2.75, 3.05) is 0 Å². The van der Waals surface area contributed by atoms with Crippen molar-refractivity contribution in [1.82, 2.24) is 15.7 Å². The van der Waals surface area contributed by atoms with Gasteiger partial charge in [-0.1, -0.05) is 29.8 Å². The van der Waals surface area contributed by atoms with Gasteiger partial charge in [0.25, 0.3) is 5.91 Å². The molecular formula is C11H10ClN3O2. The van der Waals surface area contributed by atoms with E-state index in [4.69, 9.17) is 16.4 Å². The molecule has 88 valence electrons. The van der Waals surface area contributed by atoms with Gasteiger partial charge in [-0.2, -0.15) is 10.6 Å². The van der Waals surface area contributed by atoms with Gasteiger partial charge in [-0.05, 0) is 11.6 Å². The van der Waals surface area contributed by atoms with Crippen molar-refractivity contribution in [3.05, 3.63) is 47.1 Å². The fourth-order valence-corrected chi connectivity index (χ4v) is 1.47. The Balaban J connectivity index is 1.87. The molecule has 17 heavy (non-hydrogen) atoms. The second kappa shape index (κ2) is 5.36. The molecule has 6 heteroatoms. The third-order valence-electron chi connectivity index (χ3n) is 2.06. The predicted octanol–water partition coefficient (Wildman–Crippen LogP) is 1.72. The molecule has 0 aliphatic heterocycles. The van der Waals surface area contributed by atoms with E-state index in [1.807, 2.05) is 12.1 Å². The third kappa shape index (κ3) is 3.22. The van der Waals surface area contributed by atoms with Crippen molar-refractivity contribution >= 4 is 17.5 Å². The second-order valence-corrected chi connectivity index (χ2v) is 3.72. The molecule has 1 aromatic heterocycles. The van der Waals surface area contributed by atoms with Crippen LogP contribution in [0.2, 0.25) is 5.02 Å². The Morgan fingerprint density at radius 1 is 1.41 bits per heavy atom. The Bertz CT molecular complexity index is 499. The number of hydrogen-bond donors (Lipinski definition) is 2. The smallest absolute Gasteiger partial charge is 0.257 e. The molecular weight excluding hydrogens is 242 g/mol. The van der Waals surface area contributed by atoms with Gasteiger partial charge in [0, 0.05) is 11.1 Å². The Hall–Kier alpha value is -2.01. The zero-order valence-corrected chi connectivity index (χ0v) is 9.57. The van der Waals surface area contributed by atoms with E-state index in [1.54, 1.807) is 18.2 Å². The highest BCUT2D eigenvalue weighted by Crippen LogP contribution is 2.15. The molecule has 1 heterocycles. The average molecular weight is 252 g/mol. The number of H-pyrrole nitrogens is 1. The van der Waals surface area contributed by atoms with Crippen molar-refractivity contribution in [2.45, 2.75) is 6.42 Å². The van der Waals surface area contributed by atoms with Gasteiger partial charge in [0.15, 0.2) is 0 Å². The van der Waals surface area contributed by atoms with Crippen LogP contribution in [0.3, 0.4) is 0 Å². The summed E-state index contributed by atoms with van der Waals surface area (Å²) in [7, 11) is 0. The van der Waals surface area contributed by atoms with Crippen molar-refractivity contribution in [3.8, 4) is 5.88 Å². The van der Waals surface area contributed by atoms with Crippen LogP contribution in [0.4, 0.5) is 0 Å². The lowest BCUT2D eigenvalue weighted by Crippen LogP contribution is -2.28. The minimum Gasteiger partial charge on any atom is -0.360 e. The highest BCUT2D eigenvalue weighted by atomic mass is 35.5. The zero-order valence-electron chi connectivity index (χ0n) is 8.81. The van der Waals surface area contributed by atoms with Gasteiger partial charge >= 0.3 is 0 Å². The summed E-state index contributed by atoms with van der Waals surface area (Å²) in [5.41, 5.74) is 3.04. The maximum absolute atomic E-state index is 11.5. The van der Waals surface area contributed by atoms with Crippen LogP contribution in [0, 0.1) is 0 Å². The van der Waals surface area contributed by atoms with E-state index in [0.29, 0.717) is 10.9 Å². The number of benzene rings is 1. The van der Waals surface area contributed by atoms with E-state index in [-0.39, 0.29) is 12.3 Å². The number of amides is 1. The zero-order chi connectivity index (χ0) is 12.1. The number of nitrogens with zero attached hydrogens (tertiary/aromatic N) is 1. The van der Waals surface area contributed by atoms with Gasteiger partial charge in [0.1, 0.15) is 0 Å². The maximum Gasteiger partial charge on any atom is 0.257 e. The maximum atomic E-state index is 11.5.